The summed E-state index contributed by atoms with van der Waals surface area (Å²) in [5.74, 6) is -0.0395. The Balaban J connectivity index is 4.60. The summed E-state index contributed by atoms with van der Waals surface area (Å²) >= 11 is 0. The highest BCUT2D eigenvalue weighted by molar-refractivity contribution is 6.37. The van der Waals surface area contributed by atoms with E-state index >= 15 is 0 Å². The maximum atomic E-state index is 13.0. The van der Waals surface area contributed by atoms with Crippen LogP contribution in [0.2, 0.25) is 18.1 Å². The molecule has 0 atom stereocenters. The lowest BCUT2D eigenvalue weighted by atomic mass is 10.3. The molecule has 12 heteroatoms. The number of nitrogens with one attached hydrogen (secondary N) is 1. The summed E-state index contributed by atoms with van der Waals surface area (Å²) in [6.45, 7) is 18.4. The molecular weight excluding hydrogens is 525 g/mol. The predicted octanol–water partition coefficient (Wildman–Crippen LogP) is 2.00. The van der Waals surface area contributed by atoms with Gasteiger partial charge in [-0.15, -0.1) is 0 Å². The van der Waals surface area contributed by atoms with E-state index in [0.29, 0.717) is 46.2 Å². The lowest BCUT2D eigenvalue weighted by Gasteiger charge is -2.24. The number of nitrogens with zero attached hydrogens (tertiary/aromatic N) is 1. The van der Waals surface area contributed by atoms with Gasteiger partial charge >= 0.3 is 6.03 Å². The van der Waals surface area contributed by atoms with Gasteiger partial charge in [0.15, 0.2) is 0 Å². The molecule has 0 fully saturated rings. The molecule has 9 nitrogen and oxygen atoms in total. The first kappa shape index (κ1) is 36.7. The van der Waals surface area contributed by atoms with E-state index in [1.807, 2.05) is 46.4 Å². The molecular formula is C25H58N2O7Si3. The largest absolute Gasteiger partial charge is 0.357 e. The molecule has 0 radical (unpaired) electrons. The van der Waals surface area contributed by atoms with Crippen LogP contribution in [0, 0.1) is 0 Å². The molecule has 0 aliphatic carbocycles. The second kappa shape index (κ2) is 27.3. The van der Waals surface area contributed by atoms with Gasteiger partial charge in [-0.25, -0.2) is 4.79 Å². The van der Waals surface area contributed by atoms with Gasteiger partial charge in [-0.1, -0.05) is 18.1 Å². The average Bonchev–Trinajstić information content (AvgIpc) is 2.88. The molecule has 0 aliphatic heterocycles. The van der Waals surface area contributed by atoms with E-state index in [2.05, 4.69) is 5.32 Å². The molecule has 2 amide bonds. The Labute approximate surface area is 233 Å². The summed E-state index contributed by atoms with van der Waals surface area (Å²) in [5.41, 5.74) is 0. The van der Waals surface area contributed by atoms with E-state index in [0.717, 1.165) is 50.5 Å². The Morgan fingerprint density at radius 1 is 0.595 bits per heavy atom. The number of hydrogen-bond acceptors (Lipinski definition) is 7. The molecule has 0 unspecified atom stereocenters. The van der Waals surface area contributed by atoms with Crippen molar-refractivity contribution in [2.24, 2.45) is 0 Å². The normalized spacial score (nSPS) is 12.7. The van der Waals surface area contributed by atoms with Gasteiger partial charge in [-0.3, -0.25) is 0 Å². The number of ether oxygens (including phenoxy) is 6. The van der Waals surface area contributed by atoms with Crippen LogP contribution in [-0.4, -0.2) is 117 Å². The van der Waals surface area contributed by atoms with Gasteiger partial charge in [0.2, 0.25) is 0 Å². The quantitative estimate of drug-likeness (QED) is 0.0901. The standard InChI is InChI=1S/C25H58N2O7Si3/c1-7-29-23(30-8-2)35-19-13-16-26-22(28)27(17-14-20-36-24(31-9-3)32-10-4)18-15-21-37-25(33-11-5)34-12-6/h23-25H,7-21,35-37H2,1-6H3,(H,26,28). The van der Waals surface area contributed by atoms with Crippen LogP contribution < -0.4 is 5.32 Å². The molecule has 0 aliphatic rings. The molecule has 0 aromatic rings. The minimum absolute atomic E-state index is 0.00932. The van der Waals surface area contributed by atoms with Gasteiger partial charge in [0.05, 0.1) is 28.6 Å². The Hall–Kier alpha value is -0.319. The summed E-state index contributed by atoms with van der Waals surface area (Å²) in [6.07, 6.45) is 2.95. The zero-order valence-corrected chi connectivity index (χ0v) is 29.0. The number of hydrogen-bond donors (Lipinski definition) is 1. The fourth-order valence-electron chi connectivity index (χ4n) is 4.05. The first-order valence-electron chi connectivity index (χ1n) is 14.8. The van der Waals surface area contributed by atoms with Crippen LogP contribution in [0.3, 0.4) is 0 Å². The summed E-state index contributed by atoms with van der Waals surface area (Å²) in [5, 5.41) is 3.15. The molecule has 0 aromatic carbocycles. The minimum Gasteiger partial charge on any atom is -0.357 e. The first-order valence-corrected chi connectivity index (χ1v) is 20.2. The molecule has 0 spiro atoms. The van der Waals surface area contributed by atoms with E-state index in [1.54, 1.807) is 0 Å². The SMILES string of the molecule is CCOC(OCC)[SiH2]CCCNC(=O)N(CCC[SiH2]C(OCC)OCC)CCC[SiH2]C(OCC)OCC. The number of urea groups is 1. The minimum atomic E-state index is -0.498. The molecule has 222 valence electrons. The summed E-state index contributed by atoms with van der Waals surface area (Å²) in [4.78, 5) is 15.0. The third-order valence-corrected chi connectivity index (χ3v) is 11.3. The van der Waals surface area contributed by atoms with Gasteiger partial charge in [0.1, 0.15) is 17.7 Å². The smallest absolute Gasteiger partial charge is 0.317 e. The van der Waals surface area contributed by atoms with Crippen molar-refractivity contribution in [2.45, 2.75) is 96.7 Å². The van der Waals surface area contributed by atoms with E-state index in [1.165, 1.54) is 0 Å². The van der Waals surface area contributed by atoms with Crippen molar-refractivity contribution in [3.05, 3.63) is 0 Å². The van der Waals surface area contributed by atoms with Crippen molar-refractivity contribution in [3.63, 3.8) is 0 Å². The highest BCUT2D eigenvalue weighted by atomic mass is 28.2. The predicted molar refractivity (Wildman–Crippen MR) is 160 cm³/mol. The van der Waals surface area contributed by atoms with Gasteiger partial charge in [-0.05, 0) is 60.8 Å². The summed E-state index contributed by atoms with van der Waals surface area (Å²) in [6, 6.07) is 3.34. The van der Waals surface area contributed by atoms with E-state index < -0.39 is 28.6 Å². The monoisotopic (exact) mass is 582 g/mol. The van der Waals surface area contributed by atoms with Crippen LogP contribution in [0.5, 0.6) is 0 Å². The summed E-state index contributed by atoms with van der Waals surface area (Å²) in [7, 11) is -1.47. The summed E-state index contributed by atoms with van der Waals surface area (Å²) < 4.78 is 34.2. The average molecular weight is 583 g/mol. The topological polar surface area (TPSA) is 87.7 Å². The van der Waals surface area contributed by atoms with Crippen LogP contribution >= 0.6 is 0 Å². The lowest BCUT2D eigenvalue weighted by molar-refractivity contribution is -0.0830. The zero-order chi connectivity index (χ0) is 27.6. The molecule has 1 N–H and O–H groups in total. The van der Waals surface area contributed by atoms with Crippen LogP contribution in [-0.2, 0) is 28.4 Å². The number of amides is 2. The van der Waals surface area contributed by atoms with Crippen molar-refractivity contribution in [1.82, 2.24) is 10.2 Å². The van der Waals surface area contributed by atoms with Crippen molar-refractivity contribution < 1.29 is 33.2 Å². The first-order chi connectivity index (χ1) is 18.1. The van der Waals surface area contributed by atoms with Crippen molar-refractivity contribution >= 4 is 34.6 Å². The molecule has 0 rings (SSSR count). The highest BCUT2D eigenvalue weighted by Gasteiger charge is 2.16. The molecule has 37 heavy (non-hydrogen) atoms. The fraction of sp³-hybridized carbons (Fsp3) is 0.960. The Kier molecular flexibility index (Phi) is 27.0. The second-order valence-electron chi connectivity index (χ2n) is 8.73. The number of rotatable bonds is 27. The molecule has 0 saturated heterocycles. The molecule has 0 aromatic heterocycles. The van der Waals surface area contributed by atoms with E-state index in [9.17, 15) is 4.79 Å². The van der Waals surface area contributed by atoms with Gasteiger partial charge < -0.3 is 38.6 Å². The Bertz CT molecular complexity index is 471. The van der Waals surface area contributed by atoms with Gasteiger partial charge in [0.25, 0.3) is 0 Å². The molecule has 0 heterocycles. The zero-order valence-electron chi connectivity index (χ0n) is 24.8. The second-order valence-corrected chi connectivity index (χ2v) is 14.6. The lowest BCUT2D eigenvalue weighted by Crippen LogP contribution is -2.42. The maximum Gasteiger partial charge on any atom is 0.317 e. The third-order valence-electron chi connectivity index (χ3n) is 5.78. The maximum absolute atomic E-state index is 13.0. The van der Waals surface area contributed by atoms with Crippen molar-refractivity contribution in [2.75, 3.05) is 59.3 Å². The van der Waals surface area contributed by atoms with Gasteiger partial charge in [0, 0.05) is 59.3 Å². The van der Waals surface area contributed by atoms with Crippen molar-refractivity contribution in [1.29, 1.82) is 0 Å². The Morgan fingerprint density at radius 2 is 0.919 bits per heavy atom. The number of carbonyl (C=O) groups excluding carboxylic acids is 1. The highest BCUT2D eigenvalue weighted by Crippen LogP contribution is 2.06. The molecule has 0 bridgehead atoms. The van der Waals surface area contributed by atoms with Crippen LogP contribution in [0.1, 0.15) is 60.8 Å². The fourth-order valence-corrected chi connectivity index (χ4v) is 9.02. The van der Waals surface area contributed by atoms with Crippen molar-refractivity contribution in [3.8, 4) is 0 Å². The number of carbonyl (C=O) groups is 1. The van der Waals surface area contributed by atoms with Crippen LogP contribution in [0.4, 0.5) is 4.79 Å². The third kappa shape index (κ3) is 21.2. The van der Waals surface area contributed by atoms with Crippen LogP contribution in [0.25, 0.3) is 0 Å². The molecule has 0 saturated carbocycles. The van der Waals surface area contributed by atoms with E-state index in [4.69, 9.17) is 28.4 Å². The Morgan fingerprint density at radius 3 is 1.24 bits per heavy atom. The van der Waals surface area contributed by atoms with E-state index in [-0.39, 0.29) is 23.8 Å². The van der Waals surface area contributed by atoms with Crippen LogP contribution in [0.15, 0.2) is 0 Å². The van der Waals surface area contributed by atoms with Gasteiger partial charge in [-0.2, -0.15) is 0 Å².